The van der Waals surface area contributed by atoms with Gasteiger partial charge in [0, 0.05) is 12.1 Å². The Bertz CT molecular complexity index is 231. The fraction of sp³-hybridized carbons (Fsp3) is 1.00. The van der Waals surface area contributed by atoms with E-state index in [0.29, 0.717) is 12.0 Å². The molecule has 0 amide bonds. The van der Waals surface area contributed by atoms with Gasteiger partial charge in [-0.05, 0) is 71.5 Å². The van der Waals surface area contributed by atoms with E-state index in [4.69, 9.17) is 0 Å². The SMILES string of the molecule is CC(O)C1CCN(C(C)CC2CCCCN2)CC1. The summed E-state index contributed by atoms with van der Waals surface area (Å²) >= 11 is 0. The Morgan fingerprint density at radius 2 is 1.89 bits per heavy atom. The van der Waals surface area contributed by atoms with E-state index >= 15 is 0 Å². The molecular weight excluding hydrogens is 224 g/mol. The summed E-state index contributed by atoms with van der Waals surface area (Å²) in [6.07, 6.45) is 7.61. The van der Waals surface area contributed by atoms with Crippen molar-refractivity contribution in [2.75, 3.05) is 19.6 Å². The van der Waals surface area contributed by atoms with Gasteiger partial charge in [-0.2, -0.15) is 0 Å². The van der Waals surface area contributed by atoms with Gasteiger partial charge in [-0.1, -0.05) is 6.42 Å². The minimum Gasteiger partial charge on any atom is -0.393 e. The highest BCUT2D eigenvalue weighted by Gasteiger charge is 2.26. The van der Waals surface area contributed by atoms with E-state index in [-0.39, 0.29) is 6.10 Å². The highest BCUT2D eigenvalue weighted by atomic mass is 16.3. The molecule has 2 rings (SSSR count). The van der Waals surface area contributed by atoms with Crippen LogP contribution in [0.5, 0.6) is 0 Å². The maximum Gasteiger partial charge on any atom is 0.0541 e. The van der Waals surface area contributed by atoms with Crippen molar-refractivity contribution in [2.45, 2.75) is 70.6 Å². The van der Waals surface area contributed by atoms with Crippen LogP contribution in [0.3, 0.4) is 0 Å². The van der Waals surface area contributed by atoms with Crippen LogP contribution in [0.25, 0.3) is 0 Å². The van der Waals surface area contributed by atoms with Crippen molar-refractivity contribution in [1.29, 1.82) is 0 Å². The molecule has 106 valence electrons. The molecule has 2 aliphatic heterocycles. The Morgan fingerprint density at radius 1 is 1.17 bits per heavy atom. The van der Waals surface area contributed by atoms with Gasteiger partial charge in [-0.15, -0.1) is 0 Å². The molecule has 3 heteroatoms. The number of aliphatic hydroxyl groups is 1. The minimum absolute atomic E-state index is 0.123. The van der Waals surface area contributed by atoms with Crippen LogP contribution in [0.15, 0.2) is 0 Å². The van der Waals surface area contributed by atoms with Gasteiger partial charge in [-0.3, -0.25) is 0 Å². The maximum absolute atomic E-state index is 9.63. The van der Waals surface area contributed by atoms with Crippen LogP contribution in [-0.4, -0.2) is 47.8 Å². The maximum atomic E-state index is 9.63. The second-order valence-corrected chi connectivity index (χ2v) is 6.35. The summed E-state index contributed by atoms with van der Waals surface area (Å²) in [6.45, 7) is 7.86. The van der Waals surface area contributed by atoms with Crippen molar-refractivity contribution in [3.8, 4) is 0 Å². The van der Waals surface area contributed by atoms with Gasteiger partial charge in [0.15, 0.2) is 0 Å². The second-order valence-electron chi connectivity index (χ2n) is 6.35. The first-order chi connectivity index (χ1) is 8.66. The summed E-state index contributed by atoms with van der Waals surface area (Å²) in [5, 5.41) is 13.3. The average Bonchev–Trinajstić information content (AvgIpc) is 2.40. The molecule has 3 unspecified atom stereocenters. The third kappa shape index (κ3) is 3.94. The molecule has 0 bridgehead atoms. The summed E-state index contributed by atoms with van der Waals surface area (Å²) in [5.74, 6) is 0.529. The molecule has 0 aromatic carbocycles. The lowest BCUT2D eigenvalue weighted by Gasteiger charge is -2.38. The number of hydrogen-bond donors (Lipinski definition) is 2. The molecule has 0 spiro atoms. The number of nitrogens with zero attached hydrogens (tertiary/aromatic N) is 1. The van der Waals surface area contributed by atoms with Crippen molar-refractivity contribution < 1.29 is 5.11 Å². The van der Waals surface area contributed by atoms with E-state index in [1.807, 2.05) is 6.92 Å². The van der Waals surface area contributed by atoms with Crippen LogP contribution in [0, 0.1) is 5.92 Å². The Balaban J connectivity index is 1.71. The monoisotopic (exact) mass is 254 g/mol. The smallest absolute Gasteiger partial charge is 0.0541 e. The van der Waals surface area contributed by atoms with Gasteiger partial charge in [0.25, 0.3) is 0 Å². The Morgan fingerprint density at radius 3 is 2.44 bits per heavy atom. The second kappa shape index (κ2) is 6.88. The first-order valence-corrected chi connectivity index (χ1v) is 7.82. The largest absolute Gasteiger partial charge is 0.393 e. The predicted molar refractivity (Wildman–Crippen MR) is 75.7 cm³/mol. The number of nitrogens with one attached hydrogen (secondary N) is 1. The topological polar surface area (TPSA) is 35.5 Å². The summed E-state index contributed by atoms with van der Waals surface area (Å²) in [4.78, 5) is 2.62. The third-order valence-corrected chi connectivity index (χ3v) is 4.92. The highest BCUT2D eigenvalue weighted by molar-refractivity contribution is 4.82. The zero-order chi connectivity index (χ0) is 13.0. The zero-order valence-electron chi connectivity index (χ0n) is 12.1. The Kier molecular flexibility index (Phi) is 5.46. The van der Waals surface area contributed by atoms with Crippen LogP contribution in [0.1, 0.15) is 52.4 Å². The van der Waals surface area contributed by atoms with E-state index in [0.717, 1.165) is 6.04 Å². The van der Waals surface area contributed by atoms with E-state index in [9.17, 15) is 5.11 Å². The van der Waals surface area contributed by atoms with Crippen molar-refractivity contribution in [2.24, 2.45) is 5.92 Å². The molecule has 2 fully saturated rings. The van der Waals surface area contributed by atoms with Crippen LogP contribution >= 0.6 is 0 Å². The lowest BCUT2D eigenvalue weighted by molar-refractivity contribution is 0.0546. The Hall–Kier alpha value is -0.120. The molecule has 3 nitrogen and oxygen atoms in total. The van der Waals surface area contributed by atoms with E-state index in [1.165, 1.54) is 58.2 Å². The molecule has 2 heterocycles. The zero-order valence-corrected chi connectivity index (χ0v) is 12.1. The van der Waals surface area contributed by atoms with Gasteiger partial charge in [-0.25, -0.2) is 0 Å². The van der Waals surface area contributed by atoms with Crippen molar-refractivity contribution >= 4 is 0 Å². The summed E-state index contributed by atoms with van der Waals surface area (Å²) in [5.41, 5.74) is 0. The number of likely N-dealkylation sites (tertiary alicyclic amines) is 1. The first-order valence-electron chi connectivity index (χ1n) is 7.82. The van der Waals surface area contributed by atoms with Gasteiger partial charge in [0.1, 0.15) is 0 Å². The van der Waals surface area contributed by atoms with Crippen molar-refractivity contribution in [3.05, 3.63) is 0 Å². The predicted octanol–water partition coefficient (Wildman–Crippen LogP) is 2.00. The molecule has 2 saturated heterocycles. The van der Waals surface area contributed by atoms with Gasteiger partial charge < -0.3 is 15.3 Å². The molecule has 0 aromatic rings. The molecule has 0 aliphatic carbocycles. The van der Waals surface area contributed by atoms with Crippen molar-refractivity contribution in [3.63, 3.8) is 0 Å². The normalized spacial score (nSPS) is 31.2. The number of rotatable bonds is 4. The summed E-state index contributed by atoms with van der Waals surface area (Å²) < 4.78 is 0. The first kappa shape index (κ1) is 14.3. The highest BCUT2D eigenvalue weighted by Crippen LogP contribution is 2.24. The van der Waals surface area contributed by atoms with Gasteiger partial charge in [0.05, 0.1) is 6.10 Å². The molecular formula is C15H30N2O. The molecule has 0 saturated carbocycles. The van der Waals surface area contributed by atoms with Gasteiger partial charge in [0.2, 0.25) is 0 Å². The fourth-order valence-electron chi connectivity index (χ4n) is 3.53. The lowest BCUT2D eigenvalue weighted by Crippen LogP contribution is -2.45. The van der Waals surface area contributed by atoms with Crippen LogP contribution in [0.4, 0.5) is 0 Å². The Labute approximate surface area is 112 Å². The van der Waals surface area contributed by atoms with Crippen LogP contribution in [0.2, 0.25) is 0 Å². The molecule has 3 atom stereocenters. The molecule has 2 N–H and O–H groups in total. The number of hydrogen-bond acceptors (Lipinski definition) is 3. The third-order valence-electron chi connectivity index (χ3n) is 4.92. The van der Waals surface area contributed by atoms with Crippen LogP contribution < -0.4 is 5.32 Å². The van der Waals surface area contributed by atoms with Crippen molar-refractivity contribution in [1.82, 2.24) is 10.2 Å². The molecule has 0 radical (unpaired) electrons. The van der Waals surface area contributed by atoms with E-state index in [2.05, 4.69) is 17.1 Å². The summed E-state index contributed by atoms with van der Waals surface area (Å²) in [6, 6.07) is 1.43. The standard InChI is InChI=1S/C15H30N2O/c1-12(11-15-5-3-4-8-16-15)17-9-6-14(7-10-17)13(2)18/h12-16,18H,3-11H2,1-2H3. The lowest BCUT2D eigenvalue weighted by atomic mass is 9.90. The minimum atomic E-state index is -0.123. The molecule has 2 aliphatic rings. The van der Waals surface area contributed by atoms with E-state index in [1.54, 1.807) is 0 Å². The average molecular weight is 254 g/mol. The number of piperidine rings is 2. The summed E-state index contributed by atoms with van der Waals surface area (Å²) in [7, 11) is 0. The molecule has 18 heavy (non-hydrogen) atoms. The fourth-order valence-corrected chi connectivity index (χ4v) is 3.53. The number of aliphatic hydroxyl groups excluding tert-OH is 1. The van der Waals surface area contributed by atoms with Gasteiger partial charge >= 0.3 is 0 Å². The van der Waals surface area contributed by atoms with Crippen LogP contribution in [-0.2, 0) is 0 Å². The van der Waals surface area contributed by atoms with E-state index < -0.39 is 0 Å². The molecule has 0 aromatic heterocycles. The quantitative estimate of drug-likeness (QED) is 0.805.